The molecule has 2 N–H and O–H groups in total. The standard InChI is InChI=1S/C14H16N4S/c1-2-18(10-11-5-7-16-8-6-11)12-3-4-13(14(15)19)17-9-12/h3-9H,2,10H2,1H3,(H2,15,19). The van der Waals surface area contributed by atoms with Crippen LogP contribution in [0.2, 0.25) is 0 Å². The van der Waals surface area contributed by atoms with Crippen molar-refractivity contribution in [2.24, 2.45) is 5.73 Å². The Labute approximate surface area is 118 Å². The van der Waals surface area contributed by atoms with Gasteiger partial charge in [0.05, 0.1) is 17.6 Å². The van der Waals surface area contributed by atoms with Crippen LogP contribution in [0.3, 0.4) is 0 Å². The lowest BCUT2D eigenvalue weighted by Crippen LogP contribution is -2.22. The van der Waals surface area contributed by atoms with Gasteiger partial charge in [-0.15, -0.1) is 0 Å². The minimum atomic E-state index is 0.323. The number of nitrogens with zero attached hydrogens (tertiary/aromatic N) is 3. The van der Waals surface area contributed by atoms with Crippen molar-refractivity contribution in [3.05, 3.63) is 54.1 Å². The zero-order valence-corrected chi connectivity index (χ0v) is 11.6. The second-order valence-electron chi connectivity index (χ2n) is 4.14. The van der Waals surface area contributed by atoms with E-state index in [2.05, 4.69) is 21.8 Å². The van der Waals surface area contributed by atoms with Crippen LogP contribution in [-0.4, -0.2) is 21.5 Å². The summed E-state index contributed by atoms with van der Waals surface area (Å²) < 4.78 is 0. The number of aromatic nitrogens is 2. The molecule has 2 rings (SSSR count). The van der Waals surface area contributed by atoms with E-state index in [0.29, 0.717) is 10.7 Å². The van der Waals surface area contributed by atoms with Crippen molar-refractivity contribution in [2.75, 3.05) is 11.4 Å². The molecule has 0 unspecified atom stereocenters. The number of hydrogen-bond donors (Lipinski definition) is 1. The van der Waals surface area contributed by atoms with Crippen LogP contribution in [0, 0.1) is 0 Å². The molecular weight excluding hydrogens is 256 g/mol. The number of thiocarbonyl (C=S) groups is 1. The Morgan fingerprint density at radius 1 is 1.26 bits per heavy atom. The van der Waals surface area contributed by atoms with E-state index in [4.69, 9.17) is 18.0 Å². The number of anilines is 1. The second-order valence-corrected chi connectivity index (χ2v) is 4.58. The summed E-state index contributed by atoms with van der Waals surface area (Å²) in [6, 6.07) is 7.87. The summed E-state index contributed by atoms with van der Waals surface area (Å²) in [6.07, 6.45) is 5.41. The quantitative estimate of drug-likeness (QED) is 0.845. The van der Waals surface area contributed by atoms with Gasteiger partial charge in [0.2, 0.25) is 0 Å². The van der Waals surface area contributed by atoms with Crippen molar-refractivity contribution in [1.29, 1.82) is 0 Å². The molecule has 0 atom stereocenters. The molecule has 2 heterocycles. The summed E-state index contributed by atoms with van der Waals surface area (Å²) >= 11 is 4.90. The van der Waals surface area contributed by atoms with E-state index in [0.717, 1.165) is 18.8 Å². The fraction of sp³-hybridized carbons (Fsp3) is 0.214. The Balaban J connectivity index is 2.15. The van der Waals surface area contributed by atoms with E-state index < -0.39 is 0 Å². The monoisotopic (exact) mass is 272 g/mol. The van der Waals surface area contributed by atoms with Crippen molar-refractivity contribution in [3.8, 4) is 0 Å². The molecule has 0 amide bonds. The molecule has 2 aromatic rings. The number of nitrogens with two attached hydrogens (primary N) is 1. The van der Waals surface area contributed by atoms with Gasteiger partial charge in [0.1, 0.15) is 4.99 Å². The highest BCUT2D eigenvalue weighted by Gasteiger charge is 2.06. The van der Waals surface area contributed by atoms with E-state index in [1.54, 1.807) is 18.6 Å². The predicted molar refractivity (Wildman–Crippen MR) is 81.1 cm³/mol. The smallest absolute Gasteiger partial charge is 0.122 e. The van der Waals surface area contributed by atoms with Gasteiger partial charge in [0, 0.05) is 25.5 Å². The van der Waals surface area contributed by atoms with Crippen LogP contribution in [-0.2, 0) is 6.54 Å². The van der Waals surface area contributed by atoms with E-state index in [9.17, 15) is 0 Å². The molecule has 0 fully saturated rings. The first-order valence-corrected chi connectivity index (χ1v) is 6.51. The van der Waals surface area contributed by atoms with Crippen molar-refractivity contribution >= 4 is 22.9 Å². The van der Waals surface area contributed by atoms with Gasteiger partial charge in [-0.2, -0.15) is 0 Å². The lowest BCUT2D eigenvalue weighted by atomic mass is 10.2. The molecule has 0 aromatic carbocycles. The Bertz CT molecular complexity index is 539. The third-order valence-electron chi connectivity index (χ3n) is 2.87. The first kappa shape index (κ1) is 13.4. The molecule has 2 aromatic heterocycles. The van der Waals surface area contributed by atoms with Gasteiger partial charge in [0.15, 0.2) is 0 Å². The first-order chi connectivity index (χ1) is 9.20. The summed E-state index contributed by atoms with van der Waals surface area (Å²) in [4.78, 5) is 10.8. The third-order valence-corrected chi connectivity index (χ3v) is 3.08. The van der Waals surface area contributed by atoms with E-state index >= 15 is 0 Å². The first-order valence-electron chi connectivity index (χ1n) is 6.10. The Morgan fingerprint density at radius 3 is 2.53 bits per heavy atom. The SMILES string of the molecule is CCN(Cc1ccncc1)c1ccc(C(N)=S)nc1. The highest BCUT2D eigenvalue weighted by atomic mass is 32.1. The lowest BCUT2D eigenvalue weighted by molar-refractivity contribution is 0.827. The van der Waals surface area contributed by atoms with Crippen LogP contribution < -0.4 is 10.6 Å². The zero-order valence-electron chi connectivity index (χ0n) is 10.8. The van der Waals surface area contributed by atoms with Crippen molar-refractivity contribution in [3.63, 3.8) is 0 Å². The lowest BCUT2D eigenvalue weighted by Gasteiger charge is -2.22. The van der Waals surface area contributed by atoms with Gasteiger partial charge in [-0.3, -0.25) is 9.97 Å². The van der Waals surface area contributed by atoms with Crippen LogP contribution >= 0.6 is 12.2 Å². The third kappa shape index (κ3) is 3.48. The molecule has 0 saturated carbocycles. The number of pyridine rings is 2. The van der Waals surface area contributed by atoms with Gasteiger partial charge in [-0.25, -0.2) is 0 Å². The molecule has 5 heteroatoms. The van der Waals surface area contributed by atoms with E-state index in [1.807, 2.05) is 24.3 Å². The number of hydrogen-bond acceptors (Lipinski definition) is 4. The fourth-order valence-corrected chi connectivity index (χ4v) is 1.93. The Kier molecular flexibility index (Phi) is 4.41. The molecule has 0 bridgehead atoms. The molecule has 0 aliphatic heterocycles. The molecule has 0 aliphatic rings. The van der Waals surface area contributed by atoms with E-state index in [1.165, 1.54) is 5.56 Å². The fourth-order valence-electron chi connectivity index (χ4n) is 1.81. The second kappa shape index (κ2) is 6.24. The van der Waals surface area contributed by atoms with Crippen LogP contribution in [0.1, 0.15) is 18.2 Å². The summed E-state index contributed by atoms with van der Waals surface area (Å²) in [5.74, 6) is 0. The Hall–Kier alpha value is -2.01. The Morgan fingerprint density at radius 2 is 2.00 bits per heavy atom. The van der Waals surface area contributed by atoms with Gasteiger partial charge in [0.25, 0.3) is 0 Å². The van der Waals surface area contributed by atoms with Gasteiger partial charge in [-0.1, -0.05) is 12.2 Å². The van der Waals surface area contributed by atoms with Gasteiger partial charge >= 0.3 is 0 Å². The van der Waals surface area contributed by atoms with Crippen molar-refractivity contribution in [2.45, 2.75) is 13.5 Å². The highest BCUT2D eigenvalue weighted by molar-refractivity contribution is 7.80. The van der Waals surface area contributed by atoms with Gasteiger partial charge in [-0.05, 0) is 36.8 Å². The van der Waals surface area contributed by atoms with Crippen molar-refractivity contribution in [1.82, 2.24) is 9.97 Å². The molecule has 98 valence electrons. The summed E-state index contributed by atoms with van der Waals surface area (Å²) in [5.41, 5.74) is 8.47. The predicted octanol–water partition coefficient (Wildman–Crippen LogP) is 2.14. The maximum Gasteiger partial charge on any atom is 0.122 e. The molecular formula is C14H16N4S. The summed E-state index contributed by atoms with van der Waals surface area (Å²) in [7, 11) is 0. The minimum absolute atomic E-state index is 0.323. The van der Waals surface area contributed by atoms with Crippen LogP contribution in [0.15, 0.2) is 42.9 Å². The summed E-state index contributed by atoms with van der Waals surface area (Å²) in [6.45, 7) is 3.84. The molecule has 0 radical (unpaired) electrons. The van der Waals surface area contributed by atoms with Crippen LogP contribution in [0.25, 0.3) is 0 Å². The largest absolute Gasteiger partial charge is 0.388 e. The van der Waals surface area contributed by atoms with E-state index in [-0.39, 0.29) is 0 Å². The molecule has 0 spiro atoms. The molecule has 4 nitrogen and oxygen atoms in total. The average Bonchev–Trinajstić information content (AvgIpc) is 2.46. The summed E-state index contributed by atoms with van der Waals surface area (Å²) in [5, 5.41) is 0. The maximum absolute atomic E-state index is 5.54. The van der Waals surface area contributed by atoms with Gasteiger partial charge < -0.3 is 10.6 Å². The molecule has 0 saturated heterocycles. The van der Waals surface area contributed by atoms with Crippen LogP contribution in [0.5, 0.6) is 0 Å². The van der Waals surface area contributed by atoms with Crippen LogP contribution in [0.4, 0.5) is 5.69 Å². The maximum atomic E-state index is 5.54. The minimum Gasteiger partial charge on any atom is -0.388 e. The highest BCUT2D eigenvalue weighted by Crippen LogP contribution is 2.16. The van der Waals surface area contributed by atoms with Crippen molar-refractivity contribution < 1.29 is 0 Å². The zero-order chi connectivity index (χ0) is 13.7. The molecule has 0 aliphatic carbocycles. The topological polar surface area (TPSA) is 55.0 Å². The molecule has 19 heavy (non-hydrogen) atoms. The average molecular weight is 272 g/mol. The normalized spacial score (nSPS) is 10.2. The number of rotatable bonds is 5.